The molecule has 1 aliphatic carbocycles. The average Bonchev–Trinajstić information content (AvgIpc) is 3.08. The Balaban J connectivity index is 1.96. The van der Waals surface area contributed by atoms with Gasteiger partial charge in [-0.2, -0.15) is 13.2 Å². The Morgan fingerprint density at radius 3 is 2.48 bits per heavy atom. The molecule has 0 spiro atoms. The largest absolute Gasteiger partial charge is 0.416 e. The van der Waals surface area contributed by atoms with Crippen molar-refractivity contribution in [1.29, 1.82) is 0 Å². The van der Waals surface area contributed by atoms with Crippen LogP contribution in [0.5, 0.6) is 0 Å². The number of halogens is 4. The summed E-state index contributed by atoms with van der Waals surface area (Å²) in [7, 11) is 0. The van der Waals surface area contributed by atoms with Crippen molar-refractivity contribution in [3.63, 3.8) is 0 Å². The summed E-state index contributed by atoms with van der Waals surface area (Å²) in [5.74, 6) is -0.218. The van der Waals surface area contributed by atoms with E-state index in [9.17, 15) is 23.3 Å². The standard InChI is InChI=1S/C16H15ClF3N5O2/c17-11-6-5-9(16(18,19)20)7-12(11)24-15-13(25(26)27)14(21-8-22-15)23-10-3-1-2-4-10/h5-8,10H,1-4H2,(H2,21,22,23,24). The van der Waals surface area contributed by atoms with Crippen molar-refractivity contribution >= 4 is 34.6 Å². The van der Waals surface area contributed by atoms with E-state index >= 15 is 0 Å². The van der Waals surface area contributed by atoms with Crippen LogP contribution >= 0.6 is 11.6 Å². The summed E-state index contributed by atoms with van der Waals surface area (Å²) in [6.45, 7) is 0. The Bertz CT molecular complexity index is 856. The number of aromatic nitrogens is 2. The summed E-state index contributed by atoms with van der Waals surface area (Å²) in [5, 5.41) is 17.1. The molecule has 1 saturated carbocycles. The molecule has 0 amide bonds. The third-order valence-electron chi connectivity index (χ3n) is 4.25. The fourth-order valence-corrected chi connectivity index (χ4v) is 3.10. The molecule has 7 nitrogen and oxygen atoms in total. The van der Waals surface area contributed by atoms with E-state index in [1.165, 1.54) is 0 Å². The van der Waals surface area contributed by atoms with Gasteiger partial charge in [-0.05, 0) is 31.0 Å². The fourth-order valence-electron chi connectivity index (χ4n) is 2.94. The van der Waals surface area contributed by atoms with Crippen LogP contribution in [0.15, 0.2) is 24.5 Å². The minimum Gasteiger partial charge on any atom is -0.361 e. The van der Waals surface area contributed by atoms with Crippen LogP contribution < -0.4 is 10.6 Å². The van der Waals surface area contributed by atoms with Gasteiger partial charge in [0.2, 0.25) is 11.6 Å². The zero-order valence-corrected chi connectivity index (χ0v) is 14.6. The highest BCUT2D eigenvalue weighted by Crippen LogP contribution is 2.38. The average molecular weight is 402 g/mol. The monoisotopic (exact) mass is 401 g/mol. The molecule has 0 unspecified atom stereocenters. The molecule has 0 radical (unpaired) electrons. The second kappa shape index (κ2) is 7.55. The molecule has 1 aromatic heterocycles. The zero-order valence-electron chi connectivity index (χ0n) is 13.9. The van der Waals surface area contributed by atoms with Crippen LogP contribution in [0.2, 0.25) is 5.02 Å². The van der Waals surface area contributed by atoms with Crippen LogP contribution in [-0.4, -0.2) is 20.9 Å². The number of nitrogens with zero attached hydrogens (tertiary/aromatic N) is 3. The van der Waals surface area contributed by atoms with Gasteiger partial charge in [-0.15, -0.1) is 0 Å². The maximum absolute atomic E-state index is 12.9. The predicted molar refractivity (Wildman–Crippen MR) is 94.3 cm³/mol. The van der Waals surface area contributed by atoms with Crippen molar-refractivity contribution in [3.05, 3.63) is 45.2 Å². The summed E-state index contributed by atoms with van der Waals surface area (Å²) < 4.78 is 38.8. The highest BCUT2D eigenvalue weighted by Gasteiger charge is 2.32. The lowest BCUT2D eigenvalue weighted by atomic mass is 10.2. The van der Waals surface area contributed by atoms with Gasteiger partial charge in [0.15, 0.2) is 0 Å². The number of benzene rings is 1. The molecule has 1 fully saturated rings. The van der Waals surface area contributed by atoms with E-state index in [1.807, 2.05) is 0 Å². The van der Waals surface area contributed by atoms with Gasteiger partial charge < -0.3 is 10.6 Å². The first-order chi connectivity index (χ1) is 12.8. The van der Waals surface area contributed by atoms with E-state index < -0.39 is 22.4 Å². The summed E-state index contributed by atoms with van der Waals surface area (Å²) in [6.07, 6.45) is 0.289. The topological polar surface area (TPSA) is 93.0 Å². The van der Waals surface area contributed by atoms with E-state index in [1.54, 1.807) is 0 Å². The summed E-state index contributed by atoms with van der Waals surface area (Å²) in [4.78, 5) is 18.6. The van der Waals surface area contributed by atoms with Crippen LogP contribution in [0, 0.1) is 10.1 Å². The Labute approximate surface area is 157 Å². The molecule has 2 aromatic rings. The van der Waals surface area contributed by atoms with Crippen LogP contribution in [0.4, 0.5) is 36.2 Å². The third kappa shape index (κ3) is 4.38. The quantitative estimate of drug-likeness (QED) is 0.531. The number of alkyl halides is 3. The third-order valence-corrected chi connectivity index (χ3v) is 4.58. The molecule has 1 heterocycles. The van der Waals surface area contributed by atoms with Crippen LogP contribution in [0.3, 0.4) is 0 Å². The first kappa shape index (κ1) is 19.2. The molecule has 3 rings (SSSR count). The fraction of sp³-hybridized carbons (Fsp3) is 0.375. The number of rotatable bonds is 5. The van der Waals surface area contributed by atoms with Gasteiger partial charge in [0.1, 0.15) is 6.33 Å². The molecule has 27 heavy (non-hydrogen) atoms. The second-order valence-corrected chi connectivity index (χ2v) is 6.53. The first-order valence-electron chi connectivity index (χ1n) is 8.15. The zero-order chi connectivity index (χ0) is 19.6. The second-order valence-electron chi connectivity index (χ2n) is 6.12. The van der Waals surface area contributed by atoms with Crippen molar-refractivity contribution < 1.29 is 18.1 Å². The van der Waals surface area contributed by atoms with E-state index in [0.717, 1.165) is 50.2 Å². The lowest BCUT2D eigenvalue weighted by molar-refractivity contribution is -0.383. The van der Waals surface area contributed by atoms with Gasteiger partial charge in [0, 0.05) is 6.04 Å². The van der Waals surface area contributed by atoms with Gasteiger partial charge in [-0.1, -0.05) is 24.4 Å². The summed E-state index contributed by atoms with van der Waals surface area (Å²) in [5.41, 5.74) is -1.52. The summed E-state index contributed by atoms with van der Waals surface area (Å²) >= 11 is 5.95. The highest BCUT2D eigenvalue weighted by molar-refractivity contribution is 6.33. The Morgan fingerprint density at radius 2 is 1.85 bits per heavy atom. The Hall–Kier alpha value is -2.62. The molecule has 144 valence electrons. The number of nitrogens with one attached hydrogen (secondary N) is 2. The van der Waals surface area contributed by atoms with Crippen LogP contribution in [0.1, 0.15) is 31.2 Å². The smallest absolute Gasteiger partial charge is 0.361 e. The van der Waals surface area contributed by atoms with Gasteiger partial charge in [-0.3, -0.25) is 10.1 Å². The lowest BCUT2D eigenvalue weighted by Gasteiger charge is -2.15. The molecule has 0 atom stereocenters. The number of nitro groups is 1. The first-order valence-corrected chi connectivity index (χ1v) is 8.53. The molecule has 11 heteroatoms. The van der Waals surface area contributed by atoms with Crippen molar-refractivity contribution in [2.75, 3.05) is 10.6 Å². The number of hydrogen-bond donors (Lipinski definition) is 2. The van der Waals surface area contributed by atoms with Gasteiger partial charge in [0.25, 0.3) is 0 Å². The molecule has 1 aromatic carbocycles. The minimum absolute atomic E-state index is 0.0208. The van der Waals surface area contributed by atoms with E-state index in [2.05, 4.69) is 20.6 Å². The predicted octanol–water partition coefficient (Wildman–Crippen LogP) is 5.16. The van der Waals surface area contributed by atoms with Crippen molar-refractivity contribution in [2.24, 2.45) is 0 Å². The molecule has 0 aliphatic heterocycles. The Morgan fingerprint density at radius 1 is 1.19 bits per heavy atom. The molecule has 2 N–H and O–H groups in total. The van der Waals surface area contributed by atoms with Crippen LogP contribution in [-0.2, 0) is 6.18 Å². The van der Waals surface area contributed by atoms with Gasteiger partial charge in [0.05, 0.1) is 21.2 Å². The molecule has 0 saturated heterocycles. The van der Waals surface area contributed by atoms with E-state index in [0.29, 0.717) is 0 Å². The summed E-state index contributed by atoms with van der Waals surface area (Å²) in [6, 6.07) is 2.73. The molecule has 0 bridgehead atoms. The van der Waals surface area contributed by atoms with E-state index in [4.69, 9.17) is 11.6 Å². The molecular weight excluding hydrogens is 387 g/mol. The lowest BCUT2D eigenvalue weighted by Crippen LogP contribution is -2.17. The minimum atomic E-state index is -4.58. The van der Waals surface area contributed by atoms with Gasteiger partial charge >= 0.3 is 11.9 Å². The van der Waals surface area contributed by atoms with E-state index in [-0.39, 0.29) is 28.4 Å². The molecular formula is C16H15ClF3N5O2. The Kier molecular flexibility index (Phi) is 5.36. The molecule has 1 aliphatic rings. The maximum atomic E-state index is 12.9. The SMILES string of the molecule is O=[N+]([O-])c1c(Nc2cc(C(F)(F)F)ccc2Cl)ncnc1NC1CCCC1. The highest BCUT2D eigenvalue weighted by atomic mass is 35.5. The van der Waals surface area contributed by atoms with Gasteiger partial charge in [-0.25, -0.2) is 9.97 Å². The van der Waals surface area contributed by atoms with Crippen molar-refractivity contribution in [3.8, 4) is 0 Å². The van der Waals surface area contributed by atoms with Crippen molar-refractivity contribution in [2.45, 2.75) is 37.9 Å². The normalized spacial score (nSPS) is 15.0. The maximum Gasteiger partial charge on any atom is 0.416 e. The van der Waals surface area contributed by atoms with Crippen molar-refractivity contribution in [1.82, 2.24) is 9.97 Å². The van der Waals surface area contributed by atoms with Crippen LogP contribution in [0.25, 0.3) is 0 Å². The number of hydrogen-bond acceptors (Lipinski definition) is 6. The number of anilines is 3.